The van der Waals surface area contributed by atoms with Crippen molar-refractivity contribution in [2.24, 2.45) is 0 Å². The number of benzene rings is 9. The Morgan fingerprint density at radius 2 is 1.00 bits per heavy atom. The summed E-state index contributed by atoms with van der Waals surface area (Å²) < 4.78 is 5.68. The average Bonchev–Trinajstić information content (AvgIpc) is 3.88. The fourth-order valence-corrected chi connectivity index (χ4v) is 10.3. The first-order valence-electron chi connectivity index (χ1n) is 23.8. The first-order chi connectivity index (χ1) is 33.0. The highest BCUT2D eigenvalue weighted by Crippen LogP contribution is 2.59. The lowest BCUT2D eigenvalue weighted by Gasteiger charge is -2.34. The molecule has 1 nitrogen and oxygen atoms in total. The molecule has 0 fully saturated rings. The van der Waals surface area contributed by atoms with Crippen LogP contribution in [0.4, 0.5) is 0 Å². The molecule has 0 amide bonds. The zero-order chi connectivity index (χ0) is 47.5. The van der Waals surface area contributed by atoms with Crippen LogP contribution in [0.1, 0.15) is 86.7 Å². The van der Waals surface area contributed by atoms with E-state index in [1.165, 1.54) is 99.8 Å². The molecule has 1 aliphatic rings. The van der Waals surface area contributed by atoms with Gasteiger partial charge in [-0.2, -0.15) is 0 Å². The predicted molar refractivity (Wildman–Crippen MR) is 293 cm³/mol. The first-order valence-corrected chi connectivity index (χ1v) is 23.8. The molecule has 0 unspecified atom stereocenters. The third kappa shape index (κ3) is 8.24. The van der Waals surface area contributed by atoms with Crippen LogP contribution in [0.3, 0.4) is 0 Å². The van der Waals surface area contributed by atoms with E-state index < -0.39 is 5.41 Å². The molecule has 11 rings (SSSR count). The van der Waals surface area contributed by atoms with Crippen LogP contribution in [-0.2, 0) is 5.41 Å². The van der Waals surface area contributed by atoms with Crippen LogP contribution in [0.2, 0.25) is 0 Å². The van der Waals surface area contributed by atoms with Crippen molar-refractivity contribution in [3.63, 3.8) is 0 Å². The van der Waals surface area contributed by atoms with Gasteiger partial charge in [0.25, 0.3) is 0 Å². The Balaban J connectivity index is 0.000000196. The molecule has 1 aliphatic carbocycles. The summed E-state index contributed by atoms with van der Waals surface area (Å²) in [6, 6.07) is 71.2. The summed E-state index contributed by atoms with van der Waals surface area (Å²) in [4.78, 5) is 0. The van der Waals surface area contributed by atoms with Crippen molar-refractivity contribution in [1.29, 1.82) is 0 Å². The van der Waals surface area contributed by atoms with Crippen LogP contribution in [-0.4, -0.2) is 0 Å². The molecule has 68 heavy (non-hydrogen) atoms. The minimum absolute atomic E-state index is 0.445. The van der Waals surface area contributed by atoms with Crippen LogP contribution in [0.5, 0.6) is 0 Å². The molecule has 0 saturated heterocycles. The Labute approximate surface area is 403 Å². The molecule has 1 heterocycles. The number of aryl methyl sites for hydroxylation is 4. The molecule has 1 heteroatoms. The van der Waals surface area contributed by atoms with E-state index in [0.717, 1.165) is 22.3 Å². The van der Waals surface area contributed by atoms with Gasteiger partial charge in [-0.15, -0.1) is 0 Å². The average molecular weight is 881 g/mol. The fraction of sp³-hybridized carbons (Fsp3) is 0.134. The third-order valence-corrected chi connectivity index (χ3v) is 13.8. The number of hydrogen-bond donors (Lipinski definition) is 0. The van der Waals surface area contributed by atoms with Gasteiger partial charge in [-0.1, -0.05) is 226 Å². The quantitative estimate of drug-likeness (QED) is 0.155. The summed E-state index contributed by atoms with van der Waals surface area (Å²) in [5.41, 5.74) is 22.5. The van der Waals surface area contributed by atoms with Gasteiger partial charge in [0, 0.05) is 10.9 Å². The number of fused-ring (bicyclic) bond motifs is 6. The molecule has 0 atom stereocenters. The zero-order valence-corrected chi connectivity index (χ0v) is 40.5. The maximum absolute atomic E-state index is 5.68. The van der Waals surface area contributed by atoms with Gasteiger partial charge in [-0.25, -0.2) is 0 Å². The van der Waals surface area contributed by atoms with E-state index in [1.807, 2.05) is 12.1 Å². The van der Waals surface area contributed by atoms with Gasteiger partial charge in [0.1, 0.15) is 11.3 Å². The Bertz CT molecular complexity index is 3370. The highest BCUT2D eigenvalue weighted by Gasteiger charge is 2.47. The van der Waals surface area contributed by atoms with E-state index in [2.05, 4.69) is 250 Å². The second kappa shape index (κ2) is 19.2. The summed E-state index contributed by atoms with van der Waals surface area (Å²) in [5.74, 6) is 1.31. The lowest BCUT2D eigenvalue weighted by atomic mass is 9.67. The maximum Gasteiger partial charge on any atom is 0.135 e. The number of furan rings is 1. The molecule has 1 aromatic heterocycles. The Morgan fingerprint density at radius 1 is 0.441 bits per heavy atom. The monoisotopic (exact) mass is 880 g/mol. The van der Waals surface area contributed by atoms with E-state index in [0.29, 0.717) is 5.92 Å². The Hall–Kier alpha value is -7.74. The van der Waals surface area contributed by atoms with Crippen LogP contribution in [0, 0.1) is 34.6 Å². The molecular weight excluding hydrogens is 821 g/mol. The number of hydrogen-bond acceptors (Lipinski definition) is 1. The molecular formula is C67H60O. The molecule has 0 saturated carbocycles. The van der Waals surface area contributed by atoms with Crippen LogP contribution in [0.15, 0.2) is 212 Å². The van der Waals surface area contributed by atoms with Gasteiger partial charge < -0.3 is 4.42 Å². The van der Waals surface area contributed by atoms with Gasteiger partial charge in [-0.05, 0) is 148 Å². The minimum Gasteiger partial charge on any atom is -0.456 e. The van der Waals surface area contributed by atoms with Crippen LogP contribution < -0.4 is 0 Å². The molecule has 9 aromatic carbocycles. The van der Waals surface area contributed by atoms with E-state index in [4.69, 9.17) is 4.42 Å². The molecule has 0 radical (unpaired) electrons. The second-order valence-electron chi connectivity index (χ2n) is 18.6. The van der Waals surface area contributed by atoms with Crippen molar-refractivity contribution in [3.8, 4) is 33.4 Å². The molecule has 0 aliphatic heterocycles. The predicted octanol–water partition coefficient (Wildman–Crippen LogP) is 18.6. The highest BCUT2D eigenvalue weighted by atomic mass is 16.3. The van der Waals surface area contributed by atoms with Crippen LogP contribution in [0.25, 0.3) is 67.3 Å². The van der Waals surface area contributed by atoms with Crippen molar-refractivity contribution in [1.82, 2.24) is 0 Å². The Morgan fingerprint density at radius 3 is 1.60 bits per heavy atom. The Kier molecular flexibility index (Phi) is 12.8. The normalized spacial score (nSPS) is 12.1. The molecule has 0 bridgehead atoms. The van der Waals surface area contributed by atoms with Crippen molar-refractivity contribution < 1.29 is 4.42 Å². The molecule has 334 valence electrons. The summed E-state index contributed by atoms with van der Waals surface area (Å²) in [7, 11) is 0. The van der Waals surface area contributed by atoms with Gasteiger partial charge >= 0.3 is 0 Å². The van der Waals surface area contributed by atoms with Crippen molar-refractivity contribution >= 4 is 33.9 Å². The molecule has 0 N–H and O–H groups in total. The topological polar surface area (TPSA) is 13.1 Å². The smallest absolute Gasteiger partial charge is 0.135 e. The van der Waals surface area contributed by atoms with E-state index in [1.54, 1.807) is 6.08 Å². The maximum atomic E-state index is 5.68. The van der Waals surface area contributed by atoms with Crippen LogP contribution >= 0.6 is 0 Å². The van der Waals surface area contributed by atoms with Gasteiger partial charge in [-0.3, -0.25) is 0 Å². The van der Waals surface area contributed by atoms with E-state index in [9.17, 15) is 0 Å². The van der Waals surface area contributed by atoms with Gasteiger partial charge in [0.2, 0.25) is 0 Å². The van der Waals surface area contributed by atoms with Gasteiger partial charge in [0.05, 0.1) is 5.41 Å². The third-order valence-electron chi connectivity index (χ3n) is 13.8. The van der Waals surface area contributed by atoms with Crippen molar-refractivity contribution in [3.05, 3.63) is 274 Å². The van der Waals surface area contributed by atoms with E-state index >= 15 is 0 Å². The lowest BCUT2D eigenvalue weighted by Crippen LogP contribution is -2.28. The van der Waals surface area contributed by atoms with Crippen molar-refractivity contribution in [2.45, 2.75) is 59.8 Å². The number of rotatable bonds is 7. The zero-order valence-electron chi connectivity index (χ0n) is 40.5. The minimum atomic E-state index is -0.445. The summed E-state index contributed by atoms with van der Waals surface area (Å²) >= 11 is 0. The molecule has 0 spiro atoms. The fourth-order valence-electron chi connectivity index (χ4n) is 10.3. The summed E-state index contributed by atoms with van der Waals surface area (Å²) in [5, 5.41) is 3.72. The highest BCUT2D eigenvalue weighted by molar-refractivity contribution is 6.10. The first kappa shape index (κ1) is 45.4. The standard InChI is InChI=1S/C44H34.C15H16O.C8H10/c1-29-25-26-39-41(27-29)44(32-16-6-4-7-17-32,33-18-8-5-9-19-33)42-28-40(37-21-12-13-22-38(37)43(39)42)36-24-14-23-35(31(36)3)34-20-11-10-15-30(34)2;1-5-12-13-9-11(10(3)4)7-8-15(13)16-14(12)6-2;1-7-3-5-8(2)6-4-7/h4-28H,1-3H3;5-10H,1-2H2,3-4H3;3-6H,1-2H3. The van der Waals surface area contributed by atoms with Crippen molar-refractivity contribution in [2.75, 3.05) is 0 Å². The van der Waals surface area contributed by atoms with Gasteiger partial charge in [0.15, 0.2) is 0 Å². The SMILES string of the molecule is C=Cc1oc2ccc(C(C)C)cc2c1C=C.Cc1ccc(C)cc1.Cc1ccc2c(c1)C(c1ccccc1)(c1ccccc1)c1cc(-c3cccc(-c4ccccc4C)c3C)c3ccccc3c1-2. The summed E-state index contributed by atoms with van der Waals surface area (Å²) in [6.45, 7) is 22.9. The summed E-state index contributed by atoms with van der Waals surface area (Å²) in [6.07, 6.45) is 3.55. The van der Waals surface area contributed by atoms with E-state index in [-0.39, 0.29) is 0 Å². The second-order valence-corrected chi connectivity index (χ2v) is 18.6. The molecule has 10 aromatic rings. The lowest BCUT2D eigenvalue weighted by molar-refractivity contribution is 0.603. The largest absolute Gasteiger partial charge is 0.456 e.